The van der Waals surface area contributed by atoms with Gasteiger partial charge in [-0.15, -0.1) is 11.3 Å². The number of aromatic nitrogens is 1. The quantitative estimate of drug-likeness (QED) is 0.892. The molecule has 0 aliphatic carbocycles. The monoisotopic (exact) mass is 298 g/mol. The molecule has 3 nitrogen and oxygen atoms in total. The highest BCUT2D eigenvalue weighted by molar-refractivity contribution is 7.09. The van der Waals surface area contributed by atoms with E-state index < -0.39 is 17.2 Å². The molecule has 0 saturated heterocycles. The van der Waals surface area contributed by atoms with Crippen LogP contribution in [0.4, 0.5) is 8.78 Å². The van der Waals surface area contributed by atoms with E-state index in [9.17, 15) is 13.9 Å². The van der Waals surface area contributed by atoms with Gasteiger partial charge in [0.15, 0.2) is 0 Å². The summed E-state index contributed by atoms with van der Waals surface area (Å²) in [7, 11) is 0. The minimum Gasteiger partial charge on any atom is -0.384 e. The van der Waals surface area contributed by atoms with Crippen LogP contribution in [0.3, 0.4) is 0 Å². The zero-order chi connectivity index (χ0) is 14.8. The molecule has 1 atom stereocenters. The summed E-state index contributed by atoms with van der Waals surface area (Å²) in [5.74, 6) is -1.40. The summed E-state index contributed by atoms with van der Waals surface area (Å²) in [6.07, 6.45) is 0. The molecule has 1 unspecified atom stereocenters. The van der Waals surface area contributed by atoms with Crippen LogP contribution in [-0.4, -0.2) is 16.6 Å². The lowest BCUT2D eigenvalue weighted by molar-refractivity contribution is 0.0529. The van der Waals surface area contributed by atoms with Crippen molar-refractivity contribution in [1.82, 2.24) is 10.3 Å². The number of rotatable bonds is 5. The van der Waals surface area contributed by atoms with Crippen LogP contribution >= 0.6 is 11.3 Å². The minimum absolute atomic E-state index is 0.0763. The van der Waals surface area contributed by atoms with Crippen molar-refractivity contribution in [2.24, 2.45) is 0 Å². The molecule has 0 amide bonds. The van der Waals surface area contributed by atoms with Gasteiger partial charge in [-0.05, 0) is 19.9 Å². The average molecular weight is 298 g/mol. The molecule has 0 aliphatic heterocycles. The topological polar surface area (TPSA) is 45.2 Å². The average Bonchev–Trinajstić information content (AvgIpc) is 2.74. The Morgan fingerprint density at radius 3 is 2.75 bits per heavy atom. The minimum atomic E-state index is -1.41. The maximum Gasteiger partial charge on any atom is 0.132 e. The van der Waals surface area contributed by atoms with Crippen LogP contribution in [0.5, 0.6) is 0 Å². The number of benzene rings is 1. The summed E-state index contributed by atoms with van der Waals surface area (Å²) in [6.45, 7) is 4.11. The number of hydrogen-bond donors (Lipinski definition) is 2. The van der Waals surface area contributed by atoms with Crippen LogP contribution < -0.4 is 5.32 Å². The van der Waals surface area contributed by atoms with E-state index in [1.54, 1.807) is 5.51 Å². The van der Waals surface area contributed by atoms with Crippen molar-refractivity contribution in [1.29, 1.82) is 0 Å². The van der Waals surface area contributed by atoms with E-state index in [1.807, 2.05) is 6.92 Å². The van der Waals surface area contributed by atoms with E-state index in [-0.39, 0.29) is 12.1 Å². The summed E-state index contributed by atoms with van der Waals surface area (Å²) >= 11 is 1.52. The second kappa shape index (κ2) is 5.95. The fourth-order valence-electron chi connectivity index (χ4n) is 1.94. The van der Waals surface area contributed by atoms with E-state index in [0.717, 1.165) is 22.7 Å². The third-order valence-electron chi connectivity index (χ3n) is 3.11. The first kappa shape index (κ1) is 15.0. The molecule has 0 saturated carbocycles. The Labute approximate surface area is 120 Å². The van der Waals surface area contributed by atoms with Crippen molar-refractivity contribution in [3.8, 4) is 0 Å². The van der Waals surface area contributed by atoms with Gasteiger partial charge in [0, 0.05) is 29.6 Å². The van der Waals surface area contributed by atoms with Gasteiger partial charge in [-0.1, -0.05) is 6.07 Å². The SMILES string of the molecule is Cc1ncsc1CNCC(C)(O)c1ccc(F)cc1F. The summed E-state index contributed by atoms with van der Waals surface area (Å²) in [6, 6.07) is 3.18. The zero-order valence-corrected chi connectivity index (χ0v) is 12.1. The Morgan fingerprint density at radius 1 is 1.40 bits per heavy atom. The predicted octanol–water partition coefficient (Wildman–Crippen LogP) is 2.73. The van der Waals surface area contributed by atoms with Gasteiger partial charge in [-0.25, -0.2) is 13.8 Å². The number of nitrogens with zero attached hydrogens (tertiary/aromatic N) is 1. The molecule has 2 rings (SSSR count). The van der Waals surface area contributed by atoms with E-state index >= 15 is 0 Å². The normalized spacial score (nSPS) is 14.2. The Bertz CT molecular complexity index is 599. The largest absolute Gasteiger partial charge is 0.384 e. The zero-order valence-electron chi connectivity index (χ0n) is 11.3. The maximum absolute atomic E-state index is 13.7. The Balaban J connectivity index is 2.02. The van der Waals surface area contributed by atoms with Gasteiger partial charge < -0.3 is 10.4 Å². The molecular weight excluding hydrogens is 282 g/mol. The summed E-state index contributed by atoms with van der Waals surface area (Å²) < 4.78 is 26.6. The third kappa shape index (κ3) is 3.39. The van der Waals surface area contributed by atoms with Crippen molar-refractivity contribution < 1.29 is 13.9 Å². The van der Waals surface area contributed by atoms with Gasteiger partial charge in [0.2, 0.25) is 0 Å². The summed E-state index contributed by atoms with van der Waals surface area (Å²) in [5, 5.41) is 13.4. The van der Waals surface area contributed by atoms with Crippen LogP contribution in [0.2, 0.25) is 0 Å². The highest BCUT2D eigenvalue weighted by Gasteiger charge is 2.26. The van der Waals surface area contributed by atoms with Crippen molar-refractivity contribution in [3.63, 3.8) is 0 Å². The van der Waals surface area contributed by atoms with Crippen LogP contribution in [0.1, 0.15) is 23.1 Å². The van der Waals surface area contributed by atoms with Crippen molar-refractivity contribution in [2.45, 2.75) is 26.0 Å². The van der Waals surface area contributed by atoms with Crippen molar-refractivity contribution in [3.05, 3.63) is 51.5 Å². The molecule has 1 heterocycles. The van der Waals surface area contributed by atoms with Gasteiger partial charge in [0.05, 0.1) is 11.2 Å². The van der Waals surface area contributed by atoms with E-state index in [4.69, 9.17) is 0 Å². The van der Waals surface area contributed by atoms with E-state index in [0.29, 0.717) is 6.54 Å². The second-order valence-corrected chi connectivity index (χ2v) is 5.80. The first-order valence-electron chi connectivity index (χ1n) is 6.18. The molecule has 20 heavy (non-hydrogen) atoms. The van der Waals surface area contributed by atoms with Crippen LogP contribution in [0.15, 0.2) is 23.7 Å². The molecule has 1 aromatic carbocycles. The van der Waals surface area contributed by atoms with Gasteiger partial charge >= 0.3 is 0 Å². The fourth-order valence-corrected chi connectivity index (χ4v) is 2.68. The van der Waals surface area contributed by atoms with Crippen LogP contribution in [-0.2, 0) is 12.1 Å². The van der Waals surface area contributed by atoms with Crippen LogP contribution in [0, 0.1) is 18.6 Å². The molecule has 2 N–H and O–H groups in total. The molecule has 2 aromatic rings. The lowest BCUT2D eigenvalue weighted by Crippen LogP contribution is -2.36. The Hall–Kier alpha value is -1.37. The fraction of sp³-hybridized carbons (Fsp3) is 0.357. The lowest BCUT2D eigenvalue weighted by atomic mass is 9.95. The molecule has 0 fully saturated rings. The molecule has 0 aliphatic rings. The van der Waals surface area contributed by atoms with E-state index in [2.05, 4.69) is 10.3 Å². The Kier molecular flexibility index (Phi) is 4.47. The summed E-state index contributed by atoms with van der Waals surface area (Å²) in [5.41, 5.74) is 1.36. The number of hydrogen-bond acceptors (Lipinski definition) is 4. The van der Waals surface area contributed by atoms with Gasteiger partial charge in [-0.2, -0.15) is 0 Å². The predicted molar refractivity (Wildman–Crippen MR) is 74.5 cm³/mol. The maximum atomic E-state index is 13.7. The molecule has 1 aromatic heterocycles. The molecule has 6 heteroatoms. The number of thiazole rings is 1. The van der Waals surface area contributed by atoms with E-state index in [1.165, 1.54) is 24.3 Å². The van der Waals surface area contributed by atoms with Crippen molar-refractivity contribution in [2.75, 3.05) is 6.54 Å². The molecule has 0 spiro atoms. The first-order chi connectivity index (χ1) is 9.40. The highest BCUT2D eigenvalue weighted by atomic mass is 32.1. The molecule has 108 valence electrons. The standard InChI is InChI=1S/C14H16F2N2OS/c1-9-13(20-8-18-9)6-17-7-14(2,19)11-4-3-10(15)5-12(11)16/h3-5,8,17,19H,6-7H2,1-2H3. The molecule has 0 radical (unpaired) electrons. The number of aryl methyl sites for hydroxylation is 1. The smallest absolute Gasteiger partial charge is 0.132 e. The third-order valence-corrected chi connectivity index (χ3v) is 4.05. The van der Waals surface area contributed by atoms with Gasteiger partial charge in [0.1, 0.15) is 17.2 Å². The summed E-state index contributed by atoms with van der Waals surface area (Å²) in [4.78, 5) is 5.20. The van der Waals surface area contributed by atoms with Gasteiger partial charge in [-0.3, -0.25) is 0 Å². The Morgan fingerprint density at radius 2 is 2.15 bits per heavy atom. The van der Waals surface area contributed by atoms with Crippen molar-refractivity contribution >= 4 is 11.3 Å². The second-order valence-electron chi connectivity index (χ2n) is 4.86. The number of halogens is 2. The molecular formula is C14H16F2N2OS. The highest BCUT2D eigenvalue weighted by Crippen LogP contribution is 2.23. The molecule has 0 bridgehead atoms. The van der Waals surface area contributed by atoms with Crippen LogP contribution in [0.25, 0.3) is 0 Å². The lowest BCUT2D eigenvalue weighted by Gasteiger charge is -2.24. The number of nitrogens with one attached hydrogen (secondary N) is 1. The first-order valence-corrected chi connectivity index (χ1v) is 7.06. The number of aliphatic hydroxyl groups is 1. The van der Waals surface area contributed by atoms with Gasteiger partial charge in [0.25, 0.3) is 0 Å².